The molecule has 0 heterocycles. The lowest BCUT2D eigenvalue weighted by Gasteiger charge is -2.20. The van der Waals surface area contributed by atoms with Gasteiger partial charge in [0.15, 0.2) is 0 Å². The normalized spacial score (nSPS) is 10.3. The standard InChI is InChI=1S/C21H25FN2O3/c1-3-24(15-20(25)23-14-17-4-9-18(22)10-5-17)21(26)13-8-16-6-11-19(27-2)12-7-16/h4-7,9-12H,3,8,13-15H2,1-2H3,(H,23,25). The summed E-state index contributed by atoms with van der Waals surface area (Å²) >= 11 is 0. The predicted octanol–water partition coefficient (Wildman–Crippen LogP) is 2.93. The van der Waals surface area contributed by atoms with Crippen molar-refractivity contribution in [3.05, 3.63) is 65.5 Å². The maximum atomic E-state index is 12.9. The minimum absolute atomic E-state index is 0.0130. The molecule has 1 N–H and O–H groups in total. The Labute approximate surface area is 159 Å². The number of likely N-dealkylation sites (N-methyl/N-ethyl adjacent to an activating group) is 1. The lowest BCUT2D eigenvalue weighted by molar-refractivity contribution is -0.135. The number of methoxy groups -OCH3 is 1. The van der Waals surface area contributed by atoms with Crippen LogP contribution in [0.5, 0.6) is 5.75 Å². The van der Waals surface area contributed by atoms with E-state index in [1.165, 1.54) is 17.0 Å². The van der Waals surface area contributed by atoms with Crippen LogP contribution >= 0.6 is 0 Å². The largest absolute Gasteiger partial charge is 0.497 e. The van der Waals surface area contributed by atoms with Gasteiger partial charge < -0.3 is 15.0 Å². The van der Waals surface area contributed by atoms with Gasteiger partial charge >= 0.3 is 0 Å². The molecule has 0 aliphatic rings. The first-order valence-corrected chi connectivity index (χ1v) is 8.93. The van der Waals surface area contributed by atoms with Gasteiger partial charge in [-0.2, -0.15) is 0 Å². The zero-order valence-corrected chi connectivity index (χ0v) is 15.7. The van der Waals surface area contributed by atoms with Gasteiger partial charge in [-0.1, -0.05) is 24.3 Å². The van der Waals surface area contributed by atoms with Crippen molar-refractivity contribution in [3.8, 4) is 5.75 Å². The summed E-state index contributed by atoms with van der Waals surface area (Å²) in [5.41, 5.74) is 1.85. The Morgan fingerprint density at radius 2 is 1.67 bits per heavy atom. The number of rotatable bonds is 9. The van der Waals surface area contributed by atoms with Crippen molar-refractivity contribution in [1.82, 2.24) is 10.2 Å². The Balaban J connectivity index is 1.78. The Bertz CT molecular complexity index is 745. The molecule has 0 bridgehead atoms. The van der Waals surface area contributed by atoms with Gasteiger partial charge in [0, 0.05) is 19.5 Å². The van der Waals surface area contributed by atoms with Gasteiger partial charge in [-0.05, 0) is 48.7 Å². The molecule has 2 rings (SSSR count). The molecule has 0 aliphatic heterocycles. The van der Waals surface area contributed by atoms with Crippen LogP contribution in [0.1, 0.15) is 24.5 Å². The molecule has 0 aliphatic carbocycles. The van der Waals surface area contributed by atoms with E-state index < -0.39 is 0 Å². The van der Waals surface area contributed by atoms with Crippen LogP contribution in [0, 0.1) is 5.82 Å². The van der Waals surface area contributed by atoms with Crippen LogP contribution in [0.2, 0.25) is 0 Å². The molecule has 0 unspecified atom stereocenters. The van der Waals surface area contributed by atoms with E-state index >= 15 is 0 Å². The number of benzene rings is 2. The highest BCUT2D eigenvalue weighted by molar-refractivity contribution is 5.84. The fourth-order valence-electron chi connectivity index (χ4n) is 2.61. The predicted molar refractivity (Wildman–Crippen MR) is 102 cm³/mol. The Kier molecular flexibility index (Phi) is 7.79. The molecule has 0 atom stereocenters. The summed E-state index contributed by atoms with van der Waals surface area (Å²) in [7, 11) is 1.61. The van der Waals surface area contributed by atoms with Crippen LogP contribution in [0.4, 0.5) is 4.39 Å². The third-order valence-electron chi connectivity index (χ3n) is 4.26. The van der Waals surface area contributed by atoms with Crippen molar-refractivity contribution in [3.63, 3.8) is 0 Å². The molecule has 6 heteroatoms. The molecule has 0 aromatic heterocycles. The topological polar surface area (TPSA) is 58.6 Å². The first-order valence-electron chi connectivity index (χ1n) is 8.93. The first kappa shape index (κ1) is 20.4. The van der Waals surface area contributed by atoms with E-state index in [2.05, 4.69) is 5.32 Å². The van der Waals surface area contributed by atoms with Crippen molar-refractivity contribution < 1.29 is 18.7 Å². The third kappa shape index (κ3) is 6.73. The summed E-state index contributed by atoms with van der Waals surface area (Å²) < 4.78 is 18.0. The molecule has 27 heavy (non-hydrogen) atoms. The summed E-state index contributed by atoms with van der Waals surface area (Å²) in [6.07, 6.45) is 0.946. The number of nitrogens with one attached hydrogen (secondary N) is 1. The van der Waals surface area contributed by atoms with Crippen molar-refractivity contribution in [1.29, 1.82) is 0 Å². The van der Waals surface area contributed by atoms with E-state index in [1.54, 1.807) is 19.2 Å². The molecular weight excluding hydrogens is 347 g/mol. The Morgan fingerprint density at radius 1 is 1.04 bits per heavy atom. The number of carbonyl (C=O) groups is 2. The van der Waals surface area contributed by atoms with E-state index in [9.17, 15) is 14.0 Å². The number of ether oxygens (including phenoxy) is 1. The van der Waals surface area contributed by atoms with Crippen molar-refractivity contribution >= 4 is 11.8 Å². The molecular formula is C21H25FN2O3. The summed E-state index contributed by atoms with van der Waals surface area (Å²) in [6, 6.07) is 13.5. The third-order valence-corrected chi connectivity index (χ3v) is 4.26. The van der Waals surface area contributed by atoms with E-state index in [1.807, 2.05) is 31.2 Å². The second-order valence-electron chi connectivity index (χ2n) is 6.16. The molecule has 2 amide bonds. The van der Waals surface area contributed by atoms with Crippen molar-refractivity contribution in [2.75, 3.05) is 20.2 Å². The second-order valence-corrected chi connectivity index (χ2v) is 6.16. The van der Waals surface area contributed by atoms with Gasteiger partial charge in [0.1, 0.15) is 11.6 Å². The minimum atomic E-state index is -0.315. The summed E-state index contributed by atoms with van der Waals surface area (Å²) in [6.45, 7) is 2.62. The van der Waals surface area contributed by atoms with Gasteiger partial charge in [0.05, 0.1) is 13.7 Å². The number of aryl methyl sites for hydroxylation is 1. The van der Waals surface area contributed by atoms with Gasteiger partial charge in [-0.15, -0.1) is 0 Å². The van der Waals surface area contributed by atoms with Crippen LogP contribution < -0.4 is 10.1 Å². The van der Waals surface area contributed by atoms with Crippen LogP contribution in [0.25, 0.3) is 0 Å². The van der Waals surface area contributed by atoms with E-state index in [0.29, 0.717) is 25.9 Å². The highest BCUT2D eigenvalue weighted by Crippen LogP contribution is 2.13. The lowest BCUT2D eigenvalue weighted by Crippen LogP contribution is -2.40. The van der Waals surface area contributed by atoms with Crippen molar-refractivity contribution in [2.24, 2.45) is 0 Å². The monoisotopic (exact) mass is 372 g/mol. The molecule has 144 valence electrons. The zero-order valence-electron chi connectivity index (χ0n) is 15.7. The second kappa shape index (κ2) is 10.3. The van der Waals surface area contributed by atoms with E-state index in [-0.39, 0.29) is 24.2 Å². The van der Waals surface area contributed by atoms with Crippen LogP contribution in [0.3, 0.4) is 0 Å². The lowest BCUT2D eigenvalue weighted by atomic mass is 10.1. The van der Waals surface area contributed by atoms with Gasteiger partial charge in [-0.25, -0.2) is 4.39 Å². The molecule has 0 saturated heterocycles. The van der Waals surface area contributed by atoms with E-state index in [4.69, 9.17) is 4.74 Å². The molecule has 0 spiro atoms. The molecule has 2 aromatic carbocycles. The van der Waals surface area contributed by atoms with Gasteiger partial charge in [-0.3, -0.25) is 9.59 Å². The number of hydrogen-bond donors (Lipinski definition) is 1. The molecule has 0 radical (unpaired) electrons. The maximum Gasteiger partial charge on any atom is 0.239 e. The smallest absolute Gasteiger partial charge is 0.239 e. The van der Waals surface area contributed by atoms with Crippen LogP contribution in [0.15, 0.2) is 48.5 Å². The number of amides is 2. The van der Waals surface area contributed by atoms with Gasteiger partial charge in [0.2, 0.25) is 11.8 Å². The van der Waals surface area contributed by atoms with Crippen molar-refractivity contribution in [2.45, 2.75) is 26.3 Å². The molecule has 0 fully saturated rings. The quantitative estimate of drug-likeness (QED) is 0.736. The fraction of sp³-hybridized carbons (Fsp3) is 0.333. The average molecular weight is 372 g/mol. The number of hydrogen-bond acceptors (Lipinski definition) is 3. The highest BCUT2D eigenvalue weighted by atomic mass is 19.1. The van der Waals surface area contributed by atoms with E-state index in [0.717, 1.165) is 16.9 Å². The number of halogens is 1. The number of carbonyl (C=O) groups excluding carboxylic acids is 2. The minimum Gasteiger partial charge on any atom is -0.497 e. The fourth-order valence-corrected chi connectivity index (χ4v) is 2.61. The van der Waals surface area contributed by atoms with Crippen LogP contribution in [-0.4, -0.2) is 36.9 Å². The van der Waals surface area contributed by atoms with Gasteiger partial charge in [0.25, 0.3) is 0 Å². The molecule has 2 aromatic rings. The number of nitrogens with zero attached hydrogens (tertiary/aromatic N) is 1. The Morgan fingerprint density at radius 3 is 2.26 bits per heavy atom. The molecule has 0 saturated carbocycles. The maximum absolute atomic E-state index is 12.9. The Hall–Kier alpha value is -2.89. The highest BCUT2D eigenvalue weighted by Gasteiger charge is 2.15. The first-order chi connectivity index (χ1) is 13.0. The summed E-state index contributed by atoms with van der Waals surface area (Å²) in [4.78, 5) is 26.0. The van der Waals surface area contributed by atoms with Crippen LogP contribution in [-0.2, 0) is 22.6 Å². The average Bonchev–Trinajstić information content (AvgIpc) is 2.70. The summed E-state index contributed by atoms with van der Waals surface area (Å²) in [5, 5.41) is 2.76. The zero-order chi connectivity index (χ0) is 19.6. The summed E-state index contributed by atoms with van der Waals surface area (Å²) in [5.74, 6) is 0.159. The molecule has 5 nitrogen and oxygen atoms in total. The SMILES string of the molecule is CCN(CC(=O)NCc1ccc(F)cc1)C(=O)CCc1ccc(OC)cc1.